The second kappa shape index (κ2) is 5.77. The van der Waals surface area contributed by atoms with Crippen molar-refractivity contribution in [3.8, 4) is 11.1 Å². The van der Waals surface area contributed by atoms with Gasteiger partial charge in [-0.2, -0.15) is 5.10 Å². The Kier molecular flexibility index (Phi) is 3.46. The summed E-state index contributed by atoms with van der Waals surface area (Å²) in [4.78, 5) is 19.1. The van der Waals surface area contributed by atoms with Crippen molar-refractivity contribution < 1.29 is 0 Å². The molecule has 5 nitrogen and oxygen atoms in total. The molecule has 4 aromatic rings. The highest BCUT2D eigenvalue weighted by atomic mass is 16.1. The van der Waals surface area contributed by atoms with Gasteiger partial charge >= 0.3 is 0 Å². The third-order valence-corrected chi connectivity index (χ3v) is 3.98. The van der Waals surface area contributed by atoms with Gasteiger partial charge in [-0.15, -0.1) is 0 Å². The van der Waals surface area contributed by atoms with E-state index in [0.717, 1.165) is 17.7 Å². The van der Waals surface area contributed by atoms with Gasteiger partial charge < -0.3 is 4.98 Å². The number of rotatable bonds is 3. The zero-order valence-corrected chi connectivity index (χ0v) is 13.2. The molecule has 0 aliphatic heterocycles. The van der Waals surface area contributed by atoms with E-state index in [2.05, 4.69) is 27.2 Å². The SMILES string of the molecule is Cc1nc2cc(-c3cnn(Cc4ccccc4)c3)ccc2c(=O)[nH]1. The first-order valence-corrected chi connectivity index (χ1v) is 7.76. The van der Waals surface area contributed by atoms with Crippen LogP contribution in [0.1, 0.15) is 11.4 Å². The van der Waals surface area contributed by atoms with Crippen molar-refractivity contribution in [1.29, 1.82) is 0 Å². The van der Waals surface area contributed by atoms with Crippen LogP contribution in [-0.4, -0.2) is 19.7 Å². The number of benzene rings is 2. The van der Waals surface area contributed by atoms with Crippen molar-refractivity contribution in [2.24, 2.45) is 0 Å². The molecule has 0 aliphatic carbocycles. The van der Waals surface area contributed by atoms with Gasteiger partial charge in [0.25, 0.3) is 5.56 Å². The van der Waals surface area contributed by atoms with E-state index in [9.17, 15) is 4.79 Å². The Morgan fingerprint density at radius 3 is 2.75 bits per heavy atom. The normalized spacial score (nSPS) is 11.0. The number of nitrogens with zero attached hydrogens (tertiary/aromatic N) is 3. The lowest BCUT2D eigenvalue weighted by Gasteiger charge is -2.02. The predicted molar refractivity (Wildman–Crippen MR) is 93.9 cm³/mol. The number of fused-ring (bicyclic) bond motifs is 1. The maximum Gasteiger partial charge on any atom is 0.258 e. The quantitative estimate of drug-likeness (QED) is 0.631. The Morgan fingerprint density at radius 1 is 1.08 bits per heavy atom. The molecular weight excluding hydrogens is 300 g/mol. The van der Waals surface area contributed by atoms with Crippen LogP contribution in [0.2, 0.25) is 0 Å². The largest absolute Gasteiger partial charge is 0.310 e. The third kappa shape index (κ3) is 2.72. The Bertz CT molecular complexity index is 1060. The molecule has 4 rings (SSSR count). The molecule has 24 heavy (non-hydrogen) atoms. The summed E-state index contributed by atoms with van der Waals surface area (Å²) in [6.07, 6.45) is 3.85. The Morgan fingerprint density at radius 2 is 1.92 bits per heavy atom. The molecule has 0 fully saturated rings. The molecule has 0 amide bonds. The van der Waals surface area contributed by atoms with Crippen LogP contribution in [0.5, 0.6) is 0 Å². The molecular formula is C19H16N4O. The van der Waals surface area contributed by atoms with E-state index in [1.165, 1.54) is 5.56 Å². The minimum atomic E-state index is -0.108. The molecule has 0 radical (unpaired) electrons. The molecule has 118 valence electrons. The number of hydrogen-bond acceptors (Lipinski definition) is 3. The van der Waals surface area contributed by atoms with Crippen LogP contribution < -0.4 is 5.56 Å². The molecule has 0 saturated carbocycles. The van der Waals surface area contributed by atoms with Gasteiger partial charge in [-0.1, -0.05) is 36.4 Å². The summed E-state index contributed by atoms with van der Waals surface area (Å²) in [5.74, 6) is 0.615. The smallest absolute Gasteiger partial charge is 0.258 e. The van der Waals surface area contributed by atoms with Gasteiger partial charge in [0.15, 0.2) is 0 Å². The van der Waals surface area contributed by atoms with Gasteiger partial charge in [0, 0.05) is 11.8 Å². The van der Waals surface area contributed by atoms with Crippen LogP contribution in [0.15, 0.2) is 65.7 Å². The van der Waals surface area contributed by atoms with Gasteiger partial charge in [0.2, 0.25) is 0 Å². The average molecular weight is 316 g/mol. The first kappa shape index (κ1) is 14.4. The first-order chi connectivity index (χ1) is 11.7. The molecule has 0 aliphatic rings. The first-order valence-electron chi connectivity index (χ1n) is 7.76. The molecule has 5 heteroatoms. The number of H-pyrrole nitrogens is 1. The predicted octanol–water partition coefficient (Wildman–Crippen LogP) is 3.14. The molecule has 0 bridgehead atoms. The zero-order valence-electron chi connectivity index (χ0n) is 13.2. The fourth-order valence-electron chi connectivity index (χ4n) is 2.81. The second-order valence-electron chi connectivity index (χ2n) is 5.80. The number of nitrogens with one attached hydrogen (secondary N) is 1. The van der Waals surface area contributed by atoms with Crippen molar-refractivity contribution in [2.75, 3.05) is 0 Å². The van der Waals surface area contributed by atoms with E-state index in [0.29, 0.717) is 16.7 Å². The summed E-state index contributed by atoms with van der Waals surface area (Å²) in [5, 5.41) is 5.03. The van der Waals surface area contributed by atoms with Gasteiger partial charge in [-0.3, -0.25) is 9.48 Å². The topological polar surface area (TPSA) is 63.6 Å². The standard InChI is InChI=1S/C19H16N4O/c1-13-21-18-9-15(7-8-17(18)19(24)22-13)16-10-20-23(12-16)11-14-5-3-2-4-6-14/h2-10,12H,11H2,1H3,(H,21,22,24). The lowest BCUT2D eigenvalue weighted by Crippen LogP contribution is -2.09. The monoisotopic (exact) mass is 316 g/mol. The summed E-state index contributed by atoms with van der Waals surface area (Å²) in [7, 11) is 0. The minimum Gasteiger partial charge on any atom is -0.310 e. The summed E-state index contributed by atoms with van der Waals surface area (Å²) < 4.78 is 1.91. The lowest BCUT2D eigenvalue weighted by atomic mass is 10.1. The summed E-state index contributed by atoms with van der Waals surface area (Å²) >= 11 is 0. The Balaban J connectivity index is 1.69. The summed E-state index contributed by atoms with van der Waals surface area (Å²) in [5.41, 5.74) is 3.80. The number of aromatic amines is 1. The number of aromatic nitrogens is 4. The lowest BCUT2D eigenvalue weighted by molar-refractivity contribution is 0.687. The van der Waals surface area contributed by atoms with E-state index in [1.54, 1.807) is 6.92 Å². The van der Waals surface area contributed by atoms with Gasteiger partial charge in [0.1, 0.15) is 5.82 Å². The van der Waals surface area contributed by atoms with Crippen LogP contribution >= 0.6 is 0 Å². The molecule has 0 atom stereocenters. The van der Waals surface area contributed by atoms with Crippen molar-refractivity contribution in [3.63, 3.8) is 0 Å². The van der Waals surface area contributed by atoms with E-state index in [1.807, 2.05) is 53.5 Å². The van der Waals surface area contributed by atoms with Crippen LogP contribution in [0.3, 0.4) is 0 Å². The number of hydrogen-bond donors (Lipinski definition) is 1. The van der Waals surface area contributed by atoms with Crippen LogP contribution in [-0.2, 0) is 6.54 Å². The zero-order chi connectivity index (χ0) is 16.5. The van der Waals surface area contributed by atoms with Crippen molar-refractivity contribution >= 4 is 10.9 Å². The highest BCUT2D eigenvalue weighted by Gasteiger charge is 2.07. The molecule has 0 spiro atoms. The van der Waals surface area contributed by atoms with Crippen LogP contribution in [0.4, 0.5) is 0 Å². The Labute approximate surface area is 138 Å². The van der Waals surface area contributed by atoms with Gasteiger partial charge in [0.05, 0.1) is 23.6 Å². The number of aryl methyl sites for hydroxylation is 1. The molecule has 2 aromatic heterocycles. The van der Waals surface area contributed by atoms with E-state index >= 15 is 0 Å². The summed E-state index contributed by atoms with van der Waals surface area (Å²) in [6, 6.07) is 15.9. The van der Waals surface area contributed by atoms with Crippen molar-refractivity contribution in [3.05, 3.63) is 82.7 Å². The highest BCUT2D eigenvalue weighted by Crippen LogP contribution is 2.22. The molecule has 1 N–H and O–H groups in total. The van der Waals surface area contributed by atoms with E-state index < -0.39 is 0 Å². The van der Waals surface area contributed by atoms with Gasteiger partial charge in [-0.05, 0) is 30.2 Å². The van der Waals surface area contributed by atoms with Crippen molar-refractivity contribution in [2.45, 2.75) is 13.5 Å². The maximum atomic E-state index is 11.9. The Hall–Kier alpha value is -3.21. The fraction of sp³-hybridized carbons (Fsp3) is 0.105. The van der Waals surface area contributed by atoms with E-state index in [4.69, 9.17) is 0 Å². The summed E-state index contributed by atoms with van der Waals surface area (Å²) in [6.45, 7) is 2.51. The van der Waals surface area contributed by atoms with Gasteiger partial charge in [-0.25, -0.2) is 4.98 Å². The van der Waals surface area contributed by atoms with Crippen LogP contribution in [0.25, 0.3) is 22.0 Å². The average Bonchev–Trinajstić information content (AvgIpc) is 3.03. The third-order valence-electron chi connectivity index (χ3n) is 3.98. The molecule has 0 saturated heterocycles. The fourth-order valence-corrected chi connectivity index (χ4v) is 2.81. The molecule has 2 heterocycles. The molecule has 2 aromatic carbocycles. The minimum absolute atomic E-state index is 0.108. The maximum absolute atomic E-state index is 11.9. The highest BCUT2D eigenvalue weighted by molar-refractivity contribution is 5.83. The second-order valence-corrected chi connectivity index (χ2v) is 5.80. The van der Waals surface area contributed by atoms with Crippen LogP contribution in [0, 0.1) is 6.92 Å². The van der Waals surface area contributed by atoms with Crippen molar-refractivity contribution in [1.82, 2.24) is 19.7 Å². The molecule has 0 unspecified atom stereocenters. The van der Waals surface area contributed by atoms with E-state index in [-0.39, 0.29) is 5.56 Å².